The molecule has 42 heteroatoms. The van der Waals surface area contributed by atoms with E-state index >= 15 is 0 Å². The van der Waals surface area contributed by atoms with Gasteiger partial charge in [0, 0.05) is 39.0 Å². The lowest BCUT2D eigenvalue weighted by Crippen LogP contribution is -2.64. The number of carbonyl (C=O) groups excluding carboxylic acids is 4. The number of nitrogens with zero attached hydrogens (tertiary/aromatic N) is 2. The van der Waals surface area contributed by atoms with Crippen molar-refractivity contribution in [3.8, 4) is 17.2 Å². The van der Waals surface area contributed by atoms with Crippen LogP contribution in [0.25, 0.3) is 39.8 Å². The molecule has 1 fully saturated rings. The van der Waals surface area contributed by atoms with E-state index in [1.807, 2.05) is 18.2 Å². The van der Waals surface area contributed by atoms with Crippen molar-refractivity contribution in [3.05, 3.63) is 133 Å². The van der Waals surface area contributed by atoms with Gasteiger partial charge in [-0.25, -0.2) is 18.0 Å². The fraction of sp³-hybridized carbons (Fsp3) is 0.333. The lowest BCUT2D eigenvalue weighted by atomic mass is 10.1. The number of fused-ring (bicyclic) bond motifs is 2. The predicted molar refractivity (Wildman–Crippen MR) is 303 cm³/mol. The molecule has 1 amide bonds. The number of amides is 1. The van der Waals surface area contributed by atoms with Crippen molar-refractivity contribution in [2.75, 3.05) is 39.4 Å². The second-order valence-corrected chi connectivity index (χ2v) is 25.8. The minimum absolute atomic E-state index is 0.0124. The molecule has 2 atom stereocenters. The number of benzene rings is 5. The molecule has 2 unspecified atom stereocenters. The van der Waals surface area contributed by atoms with E-state index in [-0.39, 0.29) is 40.8 Å². The Hall–Kier alpha value is -7.84. The summed E-state index contributed by atoms with van der Waals surface area (Å²) in [4.78, 5) is 48.7. The molecule has 5 aromatic carbocycles. The molecule has 0 radical (unpaired) electrons. The van der Waals surface area contributed by atoms with E-state index in [0.717, 1.165) is 32.2 Å². The second kappa shape index (κ2) is 30.7. The third-order valence-corrected chi connectivity index (χ3v) is 17.3. The Balaban J connectivity index is 0.000000320. The van der Waals surface area contributed by atoms with Gasteiger partial charge >= 0.3 is 87.6 Å². The van der Waals surface area contributed by atoms with Crippen molar-refractivity contribution in [2.45, 2.75) is 70.8 Å². The van der Waals surface area contributed by atoms with Gasteiger partial charge in [-0.15, -0.1) is 0 Å². The maximum atomic E-state index is 14.2. The molecule has 0 spiro atoms. The Labute approximate surface area is 532 Å². The third-order valence-electron chi connectivity index (χ3n) is 12.7. The highest BCUT2D eigenvalue weighted by atomic mass is 32.2. The van der Waals surface area contributed by atoms with Crippen LogP contribution in [0.3, 0.4) is 0 Å². The topological polar surface area (TPSA) is 318 Å². The van der Waals surface area contributed by atoms with Crippen molar-refractivity contribution < 1.29 is 160 Å². The molecule has 6 rings (SSSR count). The van der Waals surface area contributed by atoms with Crippen LogP contribution in [0.5, 0.6) is 17.2 Å². The molecule has 3 N–H and O–H groups in total. The van der Waals surface area contributed by atoms with Crippen molar-refractivity contribution in [1.29, 1.82) is 0 Å². The first-order valence-electron chi connectivity index (χ1n) is 25.9. The zero-order valence-electron chi connectivity index (χ0n) is 48.0. The first-order valence-corrected chi connectivity index (χ1v) is 31.7. The molecule has 0 aromatic heterocycles. The second-order valence-electron chi connectivity index (χ2n) is 19.4. The van der Waals surface area contributed by atoms with Gasteiger partial charge in [-0.3, -0.25) is 23.2 Å². The molecule has 1 aliphatic heterocycles. The lowest BCUT2D eigenvalue weighted by Gasteiger charge is -2.38. The van der Waals surface area contributed by atoms with Crippen molar-refractivity contribution in [3.63, 3.8) is 0 Å². The molecule has 0 bridgehead atoms. The number of hydrogen-bond donors (Lipinski definition) is 3. The quantitative estimate of drug-likeness (QED) is 0.0212. The number of hydrogen-bond acceptors (Lipinski definition) is 17. The molecule has 1 saturated heterocycles. The van der Waals surface area contributed by atoms with Gasteiger partial charge in [-0.05, 0) is 93.2 Å². The summed E-state index contributed by atoms with van der Waals surface area (Å²) >= 11 is 0. The minimum atomic E-state index is -7.13. The highest BCUT2D eigenvalue weighted by molar-refractivity contribution is 7.90. The summed E-state index contributed by atoms with van der Waals surface area (Å²) in [6, 6.07) is 25.2. The van der Waals surface area contributed by atoms with Crippen molar-refractivity contribution in [2.24, 2.45) is 0 Å². The van der Waals surface area contributed by atoms with Crippen LogP contribution in [0.15, 0.2) is 117 Å². The number of esters is 3. The van der Waals surface area contributed by atoms with Crippen LogP contribution in [0, 0.1) is 0 Å². The summed E-state index contributed by atoms with van der Waals surface area (Å²) in [5.41, 5.74) is 2.36. The fourth-order valence-corrected chi connectivity index (χ4v) is 10.6. The van der Waals surface area contributed by atoms with Crippen LogP contribution in [-0.4, -0.2) is 171 Å². The Kier molecular flexibility index (Phi) is 25.8. The van der Waals surface area contributed by atoms with Gasteiger partial charge in [-0.2, -0.15) is 99.8 Å². The number of alkyl halides is 16. The van der Waals surface area contributed by atoms with Gasteiger partial charge < -0.3 is 28.6 Å². The van der Waals surface area contributed by atoms with E-state index in [9.17, 15) is 123 Å². The average molecular weight is 1480 g/mol. The van der Waals surface area contributed by atoms with Gasteiger partial charge in [-0.1, -0.05) is 86.5 Å². The molecule has 0 saturated carbocycles. The summed E-state index contributed by atoms with van der Waals surface area (Å²) < 4.78 is 346. The number of piperazine rings is 1. The molecule has 1 aliphatic rings. The van der Waals surface area contributed by atoms with Gasteiger partial charge in [0.05, 0.1) is 0 Å². The Morgan fingerprint density at radius 3 is 1.16 bits per heavy atom. The highest BCUT2D eigenvalue weighted by Gasteiger charge is 2.83. The van der Waals surface area contributed by atoms with Crippen LogP contribution in [0.1, 0.15) is 36.0 Å². The Morgan fingerprint density at radius 1 is 0.448 bits per heavy atom. The van der Waals surface area contributed by atoms with Gasteiger partial charge in [0.1, 0.15) is 30.5 Å². The van der Waals surface area contributed by atoms with E-state index in [1.165, 1.54) is 48.5 Å². The van der Waals surface area contributed by atoms with Crippen LogP contribution in [0.2, 0.25) is 0 Å². The lowest BCUT2D eigenvalue weighted by molar-refractivity contribution is -0.264. The molecule has 22 nitrogen and oxygen atoms in total. The zero-order chi connectivity index (χ0) is 73.2. The van der Waals surface area contributed by atoms with Crippen LogP contribution in [0.4, 0.5) is 70.2 Å². The van der Waals surface area contributed by atoms with E-state index in [1.54, 1.807) is 48.6 Å². The number of ether oxygens (including phenoxy) is 5. The summed E-state index contributed by atoms with van der Waals surface area (Å²) in [7, 11) is -26.6. The molecule has 530 valence electrons. The highest BCUT2D eigenvalue weighted by Crippen LogP contribution is 2.51. The molecular weight excluding hydrogens is 1430 g/mol. The van der Waals surface area contributed by atoms with E-state index in [4.69, 9.17) is 23.1 Å². The fourth-order valence-electron chi connectivity index (χ4n) is 7.75. The molecule has 1 heterocycles. The first kappa shape index (κ1) is 80.6. The van der Waals surface area contributed by atoms with E-state index < -0.39 is 155 Å². The zero-order valence-corrected chi connectivity index (χ0v) is 51.2. The molecule has 0 aliphatic carbocycles. The van der Waals surface area contributed by atoms with Crippen molar-refractivity contribution >= 4 is 104 Å². The SMILES string of the molecule is C=Cc1ccc(OC(=O)COC(C(F)(F)F)C(F)(F)S(=O)(=O)O)cc1.C=Cc1ccc2cc(OC(=O)CCCC(=O)N3CCN(S(=O)(=O)C(F)(F)C(F)(F)C(F)(F)S(=O)(=O)O)CC3)ccc2c1.C=Cc1ccc2cc(OC(=O)COC(C(F)(F)F)C(F)(F)S(=O)(=O)O)ccc2c1. The maximum absolute atomic E-state index is 14.2. The average Bonchev–Trinajstić information content (AvgIpc) is 0.719. The number of rotatable bonds is 25. The number of carbonyl (C=O) groups is 4. The summed E-state index contributed by atoms with van der Waals surface area (Å²) in [5.74, 6) is -11.3. The summed E-state index contributed by atoms with van der Waals surface area (Å²) in [6.45, 7) is 4.27. The number of halogens is 16. The van der Waals surface area contributed by atoms with Gasteiger partial charge in [0.2, 0.25) is 18.1 Å². The minimum Gasteiger partial charge on any atom is -0.427 e. The van der Waals surface area contributed by atoms with Gasteiger partial charge in [0.15, 0.2) is 0 Å². The largest absolute Gasteiger partial charge is 0.439 e. The Morgan fingerprint density at radius 2 is 0.792 bits per heavy atom. The summed E-state index contributed by atoms with van der Waals surface area (Å²) in [6.07, 6.45) is -16.0. The molecular formula is C54H48F16N2O20S4. The normalized spacial score (nSPS) is 14.8. The van der Waals surface area contributed by atoms with Crippen LogP contribution in [-0.2, 0) is 69.0 Å². The molecule has 96 heavy (non-hydrogen) atoms. The van der Waals surface area contributed by atoms with Crippen LogP contribution >= 0.6 is 0 Å². The summed E-state index contributed by atoms with van der Waals surface area (Å²) in [5, 5.41) is -21.9. The maximum Gasteiger partial charge on any atom is 0.439 e. The van der Waals surface area contributed by atoms with E-state index in [2.05, 4.69) is 33.9 Å². The van der Waals surface area contributed by atoms with E-state index in [0.29, 0.717) is 10.9 Å². The smallest absolute Gasteiger partial charge is 0.427 e. The van der Waals surface area contributed by atoms with Crippen molar-refractivity contribution in [1.82, 2.24) is 9.21 Å². The molecule has 5 aromatic rings. The first-order chi connectivity index (χ1) is 43.8. The number of sulfonamides is 1. The Bertz CT molecular complexity index is 4170. The third kappa shape index (κ3) is 19.7. The van der Waals surface area contributed by atoms with Gasteiger partial charge in [0.25, 0.3) is 10.0 Å². The predicted octanol–water partition coefficient (Wildman–Crippen LogP) is 10.2. The monoisotopic (exact) mass is 1480 g/mol. The van der Waals surface area contributed by atoms with Crippen LogP contribution < -0.4 is 14.2 Å². The standard InChI is InChI=1S/C24H24F6N2O8S2.C17H13F5O6S.C13H11F5O6S/c1-2-16-6-7-18-15-19(9-8-17(18)14-16)40-21(34)5-3-4-20(33)31-10-12-32(13-11-31)41(35,36)23(27,28)22(25,26)24(29,30)42(37,38)39;1-2-10-3-4-12-8-13(6-5-11(12)7-10)28-14(23)9-27-15(16(18,19)20)17(21,22)29(24,25)26;1-2-8-3-5-9(6-4-8)24-10(19)7-23-11(12(14,15)16)13(17,18)25(20,21)22/h2,6-9,14-15H,1,3-5,10-13H2,(H,37,38,39);2-8,15H,1,9H2,(H,24,25,26);2-6,11H,1,7H2,(H,20,21,22).